The molecule has 1 N–H and O–H groups in total. The first-order chi connectivity index (χ1) is 17.8. The molecular formula is C29H29ClN4O2S. The van der Waals surface area contributed by atoms with Crippen LogP contribution >= 0.6 is 23.8 Å². The summed E-state index contributed by atoms with van der Waals surface area (Å²) in [5.74, 6) is 1.39. The molecule has 1 aliphatic rings. The first-order valence-electron chi connectivity index (χ1n) is 12.0. The Labute approximate surface area is 227 Å². The van der Waals surface area contributed by atoms with Gasteiger partial charge in [0.1, 0.15) is 11.5 Å². The van der Waals surface area contributed by atoms with Crippen molar-refractivity contribution in [3.63, 3.8) is 0 Å². The molecule has 0 unspecified atom stereocenters. The van der Waals surface area contributed by atoms with Gasteiger partial charge in [0.25, 0.3) is 0 Å². The van der Waals surface area contributed by atoms with Crippen molar-refractivity contribution < 1.29 is 9.47 Å². The number of anilines is 1. The van der Waals surface area contributed by atoms with Crippen molar-refractivity contribution in [1.29, 1.82) is 0 Å². The summed E-state index contributed by atoms with van der Waals surface area (Å²) in [6.45, 7) is 6.46. The second-order valence-corrected chi connectivity index (χ2v) is 9.88. The minimum Gasteiger partial charge on any atom is -0.497 e. The third kappa shape index (κ3) is 4.32. The number of nitrogens with one attached hydrogen (secondary N) is 1. The summed E-state index contributed by atoms with van der Waals surface area (Å²) in [6.07, 6.45) is 1.82. The molecule has 1 saturated heterocycles. The zero-order chi connectivity index (χ0) is 26.3. The number of halogens is 1. The Morgan fingerprint density at radius 1 is 0.946 bits per heavy atom. The van der Waals surface area contributed by atoms with E-state index in [0.717, 1.165) is 28.5 Å². The molecule has 2 aromatic heterocycles. The Bertz CT molecular complexity index is 1470. The maximum atomic E-state index is 6.38. The lowest BCUT2D eigenvalue weighted by Crippen LogP contribution is -2.30. The zero-order valence-corrected chi connectivity index (χ0v) is 23.0. The van der Waals surface area contributed by atoms with E-state index in [0.29, 0.717) is 21.6 Å². The van der Waals surface area contributed by atoms with Crippen LogP contribution in [0.25, 0.3) is 5.69 Å². The fourth-order valence-electron chi connectivity index (χ4n) is 5.34. The van der Waals surface area contributed by atoms with E-state index in [1.54, 1.807) is 14.2 Å². The summed E-state index contributed by atoms with van der Waals surface area (Å²) in [4.78, 5) is 6.85. The van der Waals surface area contributed by atoms with Crippen molar-refractivity contribution in [2.24, 2.45) is 0 Å². The van der Waals surface area contributed by atoms with Crippen LogP contribution in [0.2, 0.25) is 5.02 Å². The lowest BCUT2D eigenvalue weighted by atomic mass is 9.93. The van der Waals surface area contributed by atoms with Crippen molar-refractivity contribution in [3.05, 3.63) is 100 Å². The maximum Gasteiger partial charge on any atom is 0.174 e. The van der Waals surface area contributed by atoms with E-state index < -0.39 is 0 Å². The molecule has 3 heterocycles. The van der Waals surface area contributed by atoms with Gasteiger partial charge in [-0.15, -0.1) is 0 Å². The van der Waals surface area contributed by atoms with Crippen LogP contribution in [0, 0.1) is 20.8 Å². The van der Waals surface area contributed by atoms with Gasteiger partial charge in [0.05, 0.1) is 37.7 Å². The summed E-state index contributed by atoms with van der Waals surface area (Å²) < 4.78 is 13.5. The normalized spacial score (nSPS) is 17.1. The highest BCUT2D eigenvalue weighted by molar-refractivity contribution is 7.80. The summed E-state index contributed by atoms with van der Waals surface area (Å²) in [6, 6.07) is 19.3. The van der Waals surface area contributed by atoms with E-state index in [4.69, 9.17) is 38.3 Å². The number of benzene rings is 2. The Kier molecular flexibility index (Phi) is 6.84. The van der Waals surface area contributed by atoms with Crippen LogP contribution in [0.1, 0.15) is 40.3 Å². The number of hydrogen-bond donors (Lipinski definition) is 1. The van der Waals surface area contributed by atoms with Crippen molar-refractivity contribution in [2.45, 2.75) is 32.9 Å². The fourth-order valence-corrected chi connectivity index (χ4v) is 5.86. The van der Waals surface area contributed by atoms with Gasteiger partial charge in [-0.2, -0.15) is 0 Å². The smallest absolute Gasteiger partial charge is 0.174 e. The van der Waals surface area contributed by atoms with E-state index in [2.05, 4.69) is 41.6 Å². The number of hydrogen-bond acceptors (Lipinski definition) is 4. The highest BCUT2D eigenvalue weighted by atomic mass is 35.5. The molecule has 6 nitrogen and oxygen atoms in total. The van der Waals surface area contributed by atoms with Crippen LogP contribution in [0.15, 0.2) is 66.9 Å². The maximum absolute atomic E-state index is 6.38. The number of pyridine rings is 1. The molecular weight excluding hydrogens is 504 g/mol. The lowest BCUT2D eigenvalue weighted by Gasteiger charge is -2.30. The molecule has 1 aliphatic heterocycles. The molecule has 2 aromatic carbocycles. The minimum absolute atomic E-state index is 0.174. The number of rotatable bonds is 6. The fraction of sp³-hybridized carbons (Fsp3) is 0.241. The number of methoxy groups -OCH3 is 2. The quantitative estimate of drug-likeness (QED) is 0.281. The monoisotopic (exact) mass is 532 g/mol. The molecule has 2 atom stereocenters. The number of aromatic nitrogens is 2. The molecule has 0 amide bonds. The predicted molar refractivity (Wildman–Crippen MR) is 152 cm³/mol. The largest absolute Gasteiger partial charge is 0.497 e. The molecule has 8 heteroatoms. The van der Waals surface area contributed by atoms with Gasteiger partial charge in [0.2, 0.25) is 0 Å². The summed E-state index contributed by atoms with van der Waals surface area (Å²) in [7, 11) is 3.30. The van der Waals surface area contributed by atoms with Gasteiger partial charge in [-0.25, -0.2) is 0 Å². The van der Waals surface area contributed by atoms with Crippen molar-refractivity contribution in [1.82, 2.24) is 14.9 Å². The number of ether oxygens (including phenoxy) is 2. The lowest BCUT2D eigenvalue weighted by molar-refractivity contribution is 0.394. The highest BCUT2D eigenvalue weighted by Gasteiger charge is 2.44. The van der Waals surface area contributed by atoms with Gasteiger partial charge in [0.15, 0.2) is 5.11 Å². The molecule has 0 saturated carbocycles. The molecule has 5 rings (SSSR count). The Balaban J connectivity index is 1.75. The van der Waals surface area contributed by atoms with E-state index in [1.807, 2.05) is 60.8 Å². The average molecular weight is 533 g/mol. The van der Waals surface area contributed by atoms with Gasteiger partial charge in [-0.1, -0.05) is 23.7 Å². The Morgan fingerprint density at radius 3 is 2.43 bits per heavy atom. The number of nitrogens with zero attached hydrogens (tertiary/aromatic N) is 3. The summed E-state index contributed by atoms with van der Waals surface area (Å²) in [5.41, 5.74) is 7.42. The molecule has 0 radical (unpaired) electrons. The predicted octanol–water partition coefficient (Wildman–Crippen LogP) is 6.65. The molecule has 0 spiro atoms. The van der Waals surface area contributed by atoms with Crippen LogP contribution < -0.4 is 19.7 Å². The van der Waals surface area contributed by atoms with Crippen LogP contribution in [-0.2, 0) is 0 Å². The molecule has 1 fully saturated rings. The second kappa shape index (κ2) is 10.1. The summed E-state index contributed by atoms with van der Waals surface area (Å²) >= 11 is 12.3. The van der Waals surface area contributed by atoms with E-state index >= 15 is 0 Å². The van der Waals surface area contributed by atoms with Crippen LogP contribution in [0.4, 0.5) is 5.69 Å². The highest BCUT2D eigenvalue weighted by Crippen LogP contribution is 2.48. The molecule has 0 bridgehead atoms. The van der Waals surface area contributed by atoms with E-state index in [1.165, 1.54) is 11.1 Å². The van der Waals surface area contributed by atoms with Gasteiger partial charge in [-0.3, -0.25) is 4.98 Å². The van der Waals surface area contributed by atoms with E-state index in [9.17, 15) is 0 Å². The standard InChI is InChI=1S/C29H29ClN4O2S/c1-17-18(2)33(21-10-8-9-20(30)15-21)19(3)26(17)28-27(23-11-6-7-14-31-23)32-29(37)34(28)24-13-12-22(35-4)16-25(24)36-5/h6-16,27-28H,1-5H3,(H,32,37)/t27-,28+/m0/s1. The molecule has 4 aromatic rings. The van der Waals surface area contributed by atoms with Gasteiger partial charge >= 0.3 is 0 Å². The Hall–Kier alpha value is -3.55. The molecule has 190 valence electrons. The third-order valence-corrected chi connectivity index (χ3v) is 7.66. The van der Waals surface area contributed by atoms with Crippen molar-refractivity contribution >= 4 is 34.6 Å². The van der Waals surface area contributed by atoms with Crippen LogP contribution in [-0.4, -0.2) is 28.9 Å². The second-order valence-electron chi connectivity index (χ2n) is 9.06. The molecule has 37 heavy (non-hydrogen) atoms. The van der Waals surface area contributed by atoms with Gasteiger partial charge < -0.3 is 24.3 Å². The number of thiocarbonyl (C=S) groups is 1. The third-order valence-electron chi connectivity index (χ3n) is 7.11. The topological polar surface area (TPSA) is 51.5 Å². The molecule has 0 aliphatic carbocycles. The van der Waals surface area contributed by atoms with Crippen LogP contribution in [0.5, 0.6) is 11.5 Å². The SMILES string of the molecule is COc1ccc(N2C(=S)N[C@@H](c3ccccn3)[C@H]2c2c(C)c(C)n(-c3cccc(Cl)c3)c2C)c(OC)c1. The van der Waals surface area contributed by atoms with Crippen LogP contribution in [0.3, 0.4) is 0 Å². The zero-order valence-electron chi connectivity index (χ0n) is 21.4. The van der Waals surface area contributed by atoms with Crippen molar-refractivity contribution in [2.75, 3.05) is 19.1 Å². The first-order valence-corrected chi connectivity index (χ1v) is 12.8. The van der Waals surface area contributed by atoms with Gasteiger partial charge in [0, 0.05) is 39.9 Å². The average Bonchev–Trinajstić information content (AvgIpc) is 3.35. The van der Waals surface area contributed by atoms with Gasteiger partial charge in [-0.05, 0) is 81.0 Å². The summed E-state index contributed by atoms with van der Waals surface area (Å²) in [5, 5.41) is 4.86. The first kappa shape index (κ1) is 25.1. The Morgan fingerprint density at radius 2 is 1.76 bits per heavy atom. The minimum atomic E-state index is -0.177. The van der Waals surface area contributed by atoms with Crippen molar-refractivity contribution in [3.8, 4) is 17.2 Å². The van der Waals surface area contributed by atoms with E-state index in [-0.39, 0.29) is 12.1 Å².